The molecule has 104 valence electrons. The number of aliphatic hydroxyl groups excluding tert-OH is 1. The maximum Gasteiger partial charge on any atom is 0.272 e. The van der Waals surface area contributed by atoms with E-state index in [1.165, 1.54) is 0 Å². The molecule has 1 fully saturated rings. The minimum Gasteiger partial charge on any atom is -0.394 e. The number of rotatable bonds is 4. The van der Waals surface area contributed by atoms with Gasteiger partial charge in [-0.25, -0.2) is 4.68 Å². The van der Waals surface area contributed by atoms with Gasteiger partial charge in [0.25, 0.3) is 5.91 Å². The van der Waals surface area contributed by atoms with E-state index < -0.39 is 5.54 Å². The zero-order valence-electron chi connectivity index (χ0n) is 11.1. The molecule has 5 nitrogen and oxygen atoms in total. The fraction of sp³-hybridized carbons (Fsp3) is 0.333. The van der Waals surface area contributed by atoms with E-state index in [1.54, 1.807) is 16.9 Å². The highest BCUT2D eigenvalue weighted by Gasteiger charge is 2.38. The van der Waals surface area contributed by atoms with Crippen LogP contribution in [0.3, 0.4) is 0 Å². The lowest BCUT2D eigenvalue weighted by Crippen LogP contribution is -2.56. The maximum absolute atomic E-state index is 12.2. The average Bonchev–Trinajstić information content (AvgIpc) is 2.93. The van der Waals surface area contributed by atoms with Gasteiger partial charge in [-0.1, -0.05) is 18.2 Å². The third-order valence-corrected chi connectivity index (χ3v) is 3.83. The standard InChI is InChI=1S/C15H17N3O2/c19-11-15(8-4-9-15)16-14(20)13-7-10-18(17-13)12-5-2-1-3-6-12/h1-3,5-7,10,19H,4,8-9,11H2,(H,16,20). The first-order valence-corrected chi connectivity index (χ1v) is 6.77. The van der Waals surface area contributed by atoms with Crippen LogP contribution in [0.2, 0.25) is 0 Å². The number of nitrogens with zero attached hydrogens (tertiary/aromatic N) is 2. The van der Waals surface area contributed by atoms with Crippen LogP contribution in [0.1, 0.15) is 29.8 Å². The van der Waals surface area contributed by atoms with Crippen LogP contribution in [0.4, 0.5) is 0 Å². The minimum absolute atomic E-state index is 0.0157. The molecule has 0 atom stereocenters. The van der Waals surface area contributed by atoms with E-state index in [2.05, 4.69) is 10.4 Å². The van der Waals surface area contributed by atoms with Gasteiger partial charge in [-0.05, 0) is 37.5 Å². The Morgan fingerprint density at radius 3 is 2.65 bits per heavy atom. The molecule has 0 saturated heterocycles. The first-order valence-electron chi connectivity index (χ1n) is 6.77. The molecule has 20 heavy (non-hydrogen) atoms. The lowest BCUT2D eigenvalue weighted by molar-refractivity contribution is 0.0637. The maximum atomic E-state index is 12.2. The van der Waals surface area contributed by atoms with Crippen LogP contribution in [0.15, 0.2) is 42.6 Å². The number of carbonyl (C=O) groups excluding carboxylic acids is 1. The van der Waals surface area contributed by atoms with Crippen LogP contribution < -0.4 is 5.32 Å². The Labute approximate surface area is 117 Å². The molecule has 1 saturated carbocycles. The second kappa shape index (κ2) is 5.09. The number of amides is 1. The lowest BCUT2D eigenvalue weighted by atomic mass is 9.77. The van der Waals surface area contributed by atoms with E-state index in [9.17, 15) is 9.90 Å². The monoisotopic (exact) mass is 271 g/mol. The predicted molar refractivity (Wildman–Crippen MR) is 74.7 cm³/mol. The molecule has 0 bridgehead atoms. The zero-order chi connectivity index (χ0) is 14.0. The number of carbonyl (C=O) groups is 1. The van der Waals surface area contributed by atoms with Crippen molar-refractivity contribution < 1.29 is 9.90 Å². The third-order valence-electron chi connectivity index (χ3n) is 3.83. The molecule has 1 aliphatic carbocycles. The quantitative estimate of drug-likeness (QED) is 0.886. The van der Waals surface area contributed by atoms with Crippen LogP contribution >= 0.6 is 0 Å². The summed E-state index contributed by atoms with van der Waals surface area (Å²) in [6, 6.07) is 11.3. The van der Waals surface area contributed by atoms with Crippen LogP contribution in [-0.2, 0) is 0 Å². The van der Waals surface area contributed by atoms with Gasteiger partial charge in [0.15, 0.2) is 5.69 Å². The first kappa shape index (κ1) is 12.9. The summed E-state index contributed by atoms with van der Waals surface area (Å²) >= 11 is 0. The molecule has 1 amide bonds. The van der Waals surface area contributed by atoms with Crippen molar-refractivity contribution in [2.75, 3.05) is 6.61 Å². The molecule has 2 N–H and O–H groups in total. The Balaban J connectivity index is 1.75. The van der Waals surface area contributed by atoms with Crippen molar-refractivity contribution in [1.82, 2.24) is 15.1 Å². The van der Waals surface area contributed by atoms with Crippen molar-refractivity contribution >= 4 is 5.91 Å². The van der Waals surface area contributed by atoms with Gasteiger partial charge in [0.1, 0.15) is 0 Å². The van der Waals surface area contributed by atoms with Gasteiger partial charge >= 0.3 is 0 Å². The number of aliphatic hydroxyl groups is 1. The average molecular weight is 271 g/mol. The second-order valence-electron chi connectivity index (χ2n) is 5.23. The van der Waals surface area contributed by atoms with E-state index in [0.29, 0.717) is 5.69 Å². The number of nitrogens with one attached hydrogen (secondary N) is 1. The molecule has 0 radical (unpaired) electrons. The molecule has 3 rings (SSSR count). The second-order valence-corrected chi connectivity index (χ2v) is 5.23. The number of aromatic nitrogens is 2. The molecule has 1 aromatic heterocycles. The summed E-state index contributed by atoms with van der Waals surface area (Å²) in [6.07, 6.45) is 4.46. The molecule has 1 aromatic carbocycles. The summed E-state index contributed by atoms with van der Waals surface area (Å²) in [4.78, 5) is 12.2. The Morgan fingerprint density at radius 1 is 1.30 bits per heavy atom. The fourth-order valence-electron chi connectivity index (χ4n) is 2.40. The van der Waals surface area contributed by atoms with E-state index in [1.807, 2.05) is 30.3 Å². The van der Waals surface area contributed by atoms with Gasteiger partial charge in [-0.3, -0.25) is 4.79 Å². The van der Waals surface area contributed by atoms with E-state index in [4.69, 9.17) is 0 Å². The SMILES string of the molecule is O=C(NC1(CO)CCC1)c1ccn(-c2ccccc2)n1. The summed E-state index contributed by atoms with van der Waals surface area (Å²) in [7, 11) is 0. The molecule has 0 aliphatic heterocycles. The van der Waals surface area contributed by atoms with Crippen LogP contribution in [-0.4, -0.2) is 32.9 Å². The zero-order valence-corrected chi connectivity index (χ0v) is 11.1. The Kier molecular flexibility index (Phi) is 3.28. The highest BCUT2D eigenvalue weighted by atomic mass is 16.3. The number of benzene rings is 1. The van der Waals surface area contributed by atoms with Crippen molar-refractivity contribution in [2.24, 2.45) is 0 Å². The van der Waals surface area contributed by atoms with Gasteiger partial charge in [0.2, 0.25) is 0 Å². The third kappa shape index (κ3) is 2.32. The normalized spacial score (nSPS) is 16.4. The van der Waals surface area contributed by atoms with Gasteiger partial charge in [0.05, 0.1) is 17.8 Å². The molecular formula is C15H17N3O2. The summed E-state index contributed by atoms with van der Waals surface area (Å²) in [5.41, 5.74) is 0.841. The van der Waals surface area contributed by atoms with Gasteiger partial charge in [-0.15, -0.1) is 0 Å². The molecule has 0 unspecified atom stereocenters. The van der Waals surface area contributed by atoms with Gasteiger partial charge in [0, 0.05) is 6.20 Å². The lowest BCUT2D eigenvalue weighted by Gasteiger charge is -2.40. The highest BCUT2D eigenvalue weighted by Crippen LogP contribution is 2.31. The van der Waals surface area contributed by atoms with E-state index in [-0.39, 0.29) is 12.5 Å². The van der Waals surface area contributed by atoms with Gasteiger partial charge in [-0.2, -0.15) is 5.10 Å². The summed E-state index contributed by atoms with van der Waals surface area (Å²) in [5, 5.41) is 16.6. The largest absolute Gasteiger partial charge is 0.394 e. The van der Waals surface area contributed by atoms with Crippen molar-refractivity contribution in [3.05, 3.63) is 48.3 Å². The van der Waals surface area contributed by atoms with Crippen LogP contribution in [0.5, 0.6) is 0 Å². The van der Waals surface area contributed by atoms with E-state index in [0.717, 1.165) is 24.9 Å². The molecule has 1 heterocycles. The molecular weight excluding hydrogens is 254 g/mol. The topological polar surface area (TPSA) is 67.2 Å². The Morgan fingerprint density at radius 2 is 2.05 bits per heavy atom. The summed E-state index contributed by atoms with van der Waals surface area (Å²) in [6.45, 7) is -0.0157. The number of hydrogen-bond acceptors (Lipinski definition) is 3. The van der Waals surface area contributed by atoms with Crippen molar-refractivity contribution in [2.45, 2.75) is 24.8 Å². The van der Waals surface area contributed by atoms with Crippen molar-refractivity contribution in [3.63, 3.8) is 0 Å². The predicted octanol–water partition coefficient (Wildman–Crippen LogP) is 1.52. The van der Waals surface area contributed by atoms with E-state index >= 15 is 0 Å². The van der Waals surface area contributed by atoms with Crippen LogP contribution in [0.25, 0.3) is 5.69 Å². The molecule has 1 aliphatic rings. The Hall–Kier alpha value is -2.14. The minimum atomic E-state index is -0.437. The molecule has 0 spiro atoms. The smallest absolute Gasteiger partial charge is 0.272 e. The fourth-order valence-corrected chi connectivity index (χ4v) is 2.40. The van der Waals surface area contributed by atoms with Crippen LogP contribution in [0, 0.1) is 0 Å². The van der Waals surface area contributed by atoms with Crippen molar-refractivity contribution in [1.29, 1.82) is 0 Å². The first-order chi connectivity index (χ1) is 9.72. The number of hydrogen-bond donors (Lipinski definition) is 2. The number of para-hydroxylation sites is 1. The highest BCUT2D eigenvalue weighted by molar-refractivity contribution is 5.92. The molecule has 5 heteroatoms. The Bertz CT molecular complexity index is 597. The summed E-state index contributed by atoms with van der Waals surface area (Å²) in [5.74, 6) is -0.228. The van der Waals surface area contributed by atoms with Crippen molar-refractivity contribution in [3.8, 4) is 5.69 Å². The molecule has 2 aromatic rings. The van der Waals surface area contributed by atoms with Gasteiger partial charge < -0.3 is 10.4 Å². The summed E-state index contributed by atoms with van der Waals surface area (Å²) < 4.78 is 1.67.